The van der Waals surface area contributed by atoms with Crippen molar-refractivity contribution < 1.29 is 14.3 Å². The minimum absolute atomic E-state index is 0. The van der Waals surface area contributed by atoms with Crippen LogP contribution in [0.3, 0.4) is 0 Å². The van der Waals surface area contributed by atoms with Crippen LogP contribution in [-0.4, -0.2) is 92.1 Å². The number of methoxy groups -OCH3 is 1. The fourth-order valence-electron chi connectivity index (χ4n) is 2.83. The molecule has 1 heterocycles. The van der Waals surface area contributed by atoms with E-state index in [2.05, 4.69) is 4.90 Å². The second kappa shape index (κ2) is 14.6. The van der Waals surface area contributed by atoms with Crippen molar-refractivity contribution in [3.05, 3.63) is 0 Å². The Morgan fingerprint density at radius 3 is 2.28 bits per heavy atom. The van der Waals surface area contributed by atoms with Crippen LogP contribution in [0.2, 0.25) is 0 Å². The fraction of sp³-hybridized carbons (Fsp3) is 0.875. The molecule has 1 aliphatic rings. The summed E-state index contributed by atoms with van der Waals surface area (Å²) in [7, 11) is 1.58. The molecule has 7 nitrogen and oxygen atoms in total. The number of nitrogens with two attached hydrogens (primary N) is 1. The SMILES string of the molecule is CCN(CC)C(=O)CN1CCCN(C(=O)CC(CN)OC)CC1.Cl.Cl. The molecule has 0 aromatic heterocycles. The highest BCUT2D eigenvalue weighted by molar-refractivity contribution is 5.85. The van der Waals surface area contributed by atoms with E-state index >= 15 is 0 Å². The Bertz CT molecular complexity index is 380. The number of hydrogen-bond donors (Lipinski definition) is 1. The summed E-state index contributed by atoms with van der Waals surface area (Å²) in [5, 5.41) is 0. The summed E-state index contributed by atoms with van der Waals surface area (Å²) in [4.78, 5) is 30.4. The molecule has 1 rings (SSSR count). The van der Waals surface area contributed by atoms with Crippen LogP contribution >= 0.6 is 24.8 Å². The van der Waals surface area contributed by atoms with Gasteiger partial charge in [-0.25, -0.2) is 0 Å². The Hall–Kier alpha value is -0.600. The van der Waals surface area contributed by atoms with Gasteiger partial charge in [-0.3, -0.25) is 14.5 Å². The average molecular weight is 401 g/mol. The summed E-state index contributed by atoms with van der Waals surface area (Å²) in [5.41, 5.74) is 5.58. The van der Waals surface area contributed by atoms with Crippen LogP contribution in [0.1, 0.15) is 26.7 Å². The number of nitrogens with zero attached hydrogens (tertiary/aromatic N) is 3. The summed E-state index contributed by atoms with van der Waals surface area (Å²) < 4.78 is 5.18. The van der Waals surface area contributed by atoms with E-state index in [4.69, 9.17) is 10.5 Å². The van der Waals surface area contributed by atoms with Crippen LogP contribution in [0.5, 0.6) is 0 Å². The average Bonchev–Trinajstić information content (AvgIpc) is 2.79. The van der Waals surface area contributed by atoms with Crippen molar-refractivity contribution >= 4 is 36.6 Å². The molecule has 0 aliphatic carbocycles. The number of carbonyl (C=O) groups excluding carboxylic acids is 2. The lowest BCUT2D eigenvalue weighted by atomic mass is 10.2. The maximum absolute atomic E-state index is 12.3. The van der Waals surface area contributed by atoms with Crippen LogP contribution in [0.15, 0.2) is 0 Å². The largest absolute Gasteiger partial charge is 0.380 e. The van der Waals surface area contributed by atoms with E-state index < -0.39 is 0 Å². The normalized spacial score (nSPS) is 16.2. The molecule has 2 amide bonds. The summed E-state index contributed by atoms with van der Waals surface area (Å²) in [6.45, 7) is 9.23. The number of rotatable bonds is 8. The molecule has 9 heteroatoms. The second-order valence-corrected chi connectivity index (χ2v) is 5.87. The molecule has 150 valence electrons. The van der Waals surface area contributed by atoms with Gasteiger partial charge in [0, 0.05) is 52.9 Å². The minimum Gasteiger partial charge on any atom is -0.380 e. The third-order valence-electron chi connectivity index (χ3n) is 4.41. The van der Waals surface area contributed by atoms with Crippen molar-refractivity contribution in [3.63, 3.8) is 0 Å². The van der Waals surface area contributed by atoms with Gasteiger partial charge in [0.1, 0.15) is 0 Å². The molecule has 1 atom stereocenters. The van der Waals surface area contributed by atoms with Crippen LogP contribution in [0, 0.1) is 0 Å². The first kappa shape index (κ1) is 26.6. The second-order valence-electron chi connectivity index (χ2n) is 5.87. The topological polar surface area (TPSA) is 79.1 Å². The zero-order valence-corrected chi connectivity index (χ0v) is 17.2. The van der Waals surface area contributed by atoms with Gasteiger partial charge in [0.2, 0.25) is 11.8 Å². The van der Waals surface area contributed by atoms with Gasteiger partial charge in [0.05, 0.1) is 19.1 Å². The van der Waals surface area contributed by atoms with Crippen molar-refractivity contribution in [2.24, 2.45) is 5.73 Å². The quantitative estimate of drug-likeness (QED) is 0.644. The molecule has 1 saturated heterocycles. The zero-order chi connectivity index (χ0) is 17.2. The van der Waals surface area contributed by atoms with Gasteiger partial charge < -0.3 is 20.3 Å². The summed E-state index contributed by atoms with van der Waals surface area (Å²) in [6.07, 6.45) is 0.995. The number of halogens is 2. The highest BCUT2D eigenvalue weighted by atomic mass is 35.5. The molecule has 0 saturated carbocycles. The molecule has 0 spiro atoms. The number of amides is 2. The maximum atomic E-state index is 12.3. The van der Waals surface area contributed by atoms with E-state index in [0.717, 1.165) is 39.1 Å². The van der Waals surface area contributed by atoms with Gasteiger partial charge >= 0.3 is 0 Å². The lowest BCUT2D eigenvalue weighted by Crippen LogP contribution is -2.42. The van der Waals surface area contributed by atoms with Gasteiger partial charge in [0.15, 0.2) is 0 Å². The summed E-state index contributed by atoms with van der Waals surface area (Å²) in [6, 6.07) is 0. The third kappa shape index (κ3) is 9.06. The lowest BCUT2D eigenvalue weighted by Gasteiger charge is -2.25. The Labute approximate surface area is 164 Å². The maximum Gasteiger partial charge on any atom is 0.236 e. The van der Waals surface area contributed by atoms with Gasteiger partial charge in [-0.15, -0.1) is 24.8 Å². The monoisotopic (exact) mass is 400 g/mol. The molecular weight excluding hydrogens is 367 g/mol. The van der Waals surface area contributed by atoms with E-state index in [1.54, 1.807) is 7.11 Å². The molecule has 0 aromatic carbocycles. The molecule has 0 aromatic rings. The van der Waals surface area contributed by atoms with Gasteiger partial charge in [-0.2, -0.15) is 0 Å². The molecular formula is C16H34Cl2N4O3. The van der Waals surface area contributed by atoms with Crippen molar-refractivity contribution in [2.45, 2.75) is 32.8 Å². The van der Waals surface area contributed by atoms with Crippen molar-refractivity contribution in [3.8, 4) is 0 Å². The Morgan fingerprint density at radius 2 is 1.76 bits per heavy atom. The molecule has 2 N–H and O–H groups in total. The minimum atomic E-state index is -0.217. The molecule has 25 heavy (non-hydrogen) atoms. The van der Waals surface area contributed by atoms with E-state index in [1.807, 2.05) is 23.6 Å². The molecule has 0 bridgehead atoms. The predicted octanol–water partition coefficient (Wildman–Crippen LogP) is 0.597. The van der Waals surface area contributed by atoms with Crippen molar-refractivity contribution in [2.75, 3.05) is 59.5 Å². The first-order chi connectivity index (χ1) is 11.0. The third-order valence-corrected chi connectivity index (χ3v) is 4.41. The van der Waals surface area contributed by atoms with E-state index in [9.17, 15) is 9.59 Å². The Balaban J connectivity index is 0. The number of hydrogen-bond acceptors (Lipinski definition) is 5. The van der Waals surface area contributed by atoms with E-state index in [0.29, 0.717) is 26.1 Å². The van der Waals surface area contributed by atoms with Crippen LogP contribution < -0.4 is 5.73 Å². The van der Waals surface area contributed by atoms with Gasteiger partial charge in [-0.1, -0.05) is 0 Å². The molecule has 0 radical (unpaired) electrons. The number of ether oxygens (including phenoxy) is 1. The van der Waals surface area contributed by atoms with Crippen molar-refractivity contribution in [1.82, 2.24) is 14.7 Å². The Morgan fingerprint density at radius 1 is 1.12 bits per heavy atom. The van der Waals surface area contributed by atoms with Crippen LogP contribution in [-0.2, 0) is 14.3 Å². The number of likely N-dealkylation sites (N-methyl/N-ethyl adjacent to an activating group) is 1. The smallest absolute Gasteiger partial charge is 0.236 e. The van der Waals surface area contributed by atoms with E-state index in [1.165, 1.54) is 0 Å². The highest BCUT2D eigenvalue weighted by Gasteiger charge is 2.23. The standard InChI is InChI=1S/C16H32N4O3.2ClH/c1-4-19(5-2)16(22)13-18-7-6-8-20(10-9-18)15(21)11-14(12-17)23-3;;/h14H,4-13,17H2,1-3H3;2*1H. The first-order valence-electron chi connectivity index (χ1n) is 8.56. The number of carbonyl (C=O) groups is 2. The predicted molar refractivity (Wildman–Crippen MR) is 105 cm³/mol. The van der Waals surface area contributed by atoms with Gasteiger partial charge in [-0.05, 0) is 20.3 Å². The highest BCUT2D eigenvalue weighted by Crippen LogP contribution is 2.08. The molecule has 1 fully saturated rings. The van der Waals surface area contributed by atoms with Crippen LogP contribution in [0.25, 0.3) is 0 Å². The van der Waals surface area contributed by atoms with E-state index in [-0.39, 0.29) is 42.7 Å². The van der Waals surface area contributed by atoms with Crippen molar-refractivity contribution in [1.29, 1.82) is 0 Å². The Kier molecular flexibility index (Phi) is 15.5. The molecule has 1 unspecified atom stereocenters. The van der Waals surface area contributed by atoms with Gasteiger partial charge in [0.25, 0.3) is 0 Å². The fourth-order valence-corrected chi connectivity index (χ4v) is 2.83. The summed E-state index contributed by atoms with van der Waals surface area (Å²) >= 11 is 0. The van der Waals surface area contributed by atoms with Crippen LogP contribution in [0.4, 0.5) is 0 Å². The zero-order valence-electron chi connectivity index (χ0n) is 15.6. The molecule has 1 aliphatic heterocycles. The lowest BCUT2D eigenvalue weighted by molar-refractivity contribution is -0.133. The first-order valence-corrected chi connectivity index (χ1v) is 8.56. The summed E-state index contributed by atoms with van der Waals surface area (Å²) in [5.74, 6) is 0.247.